The SMILES string of the molecule is Cc1nnsc1C(=O)NCCSCc1ccccc1C#N. The van der Waals surface area contributed by atoms with E-state index in [0.717, 1.165) is 28.6 Å². The lowest BCUT2D eigenvalue weighted by molar-refractivity contribution is 0.0959. The van der Waals surface area contributed by atoms with Crippen LogP contribution in [-0.4, -0.2) is 27.8 Å². The van der Waals surface area contributed by atoms with E-state index in [1.165, 1.54) is 0 Å². The van der Waals surface area contributed by atoms with E-state index in [2.05, 4.69) is 21.0 Å². The molecule has 0 aliphatic rings. The highest BCUT2D eigenvalue weighted by Gasteiger charge is 2.12. The van der Waals surface area contributed by atoms with Crippen molar-refractivity contribution < 1.29 is 4.79 Å². The summed E-state index contributed by atoms with van der Waals surface area (Å²) in [5, 5.41) is 15.7. The summed E-state index contributed by atoms with van der Waals surface area (Å²) in [6.07, 6.45) is 0. The minimum atomic E-state index is -0.125. The number of nitriles is 1. The quantitative estimate of drug-likeness (QED) is 0.827. The van der Waals surface area contributed by atoms with E-state index in [-0.39, 0.29) is 5.91 Å². The highest BCUT2D eigenvalue weighted by molar-refractivity contribution is 7.98. The molecule has 2 rings (SSSR count). The smallest absolute Gasteiger partial charge is 0.264 e. The number of carbonyl (C=O) groups excluding carboxylic acids is 1. The van der Waals surface area contributed by atoms with Crippen LogP contribution in [0, 0.1) is 18.3 Å². The third-order valence-corrected chi connectivity index (χ3v) is 4.62. The molecule has 0 aliphatic carbocycles. The number of hydrogen-bond donors (Lipinski definition) is 1. The molecule has 1 amide bonds. The Morgan fingerprint density at radius 2 is 2.29 bits per heavy atom. The third-order valence-electron chi connectivity index (χ3n) is 2.79. The topological polar surface area (TPSA) is 78.7 Å². The van der Waals surface area contributed by atoms with Gasteiger partial charge in [0, 0.05) is 18.1 Å². The van der Waals surface area contributed by atoms with Gasteiger partial charge in [0.05, 0.1) is 17.3 Å². The molecule has 0 fully saturated rings. The molecule has 1 aromatic heterocycles. The number of nitrogens with one attached hydrogen (secondary N) is 1. The van der Waals surface area contributed by atoms with Crippen LogP contribution in [0.4, 0.5) is 0 Å². The first-order valence-electron chi connectivity index (χ1n) is 6.35. The van der Waals surface area contributed by atoms with E-state index < -0.39 is 0 Å². The molecule has 0 radical (unpaired) electrons. The first-order chi connectivity index (χ1) is 10.2. The number of benzene rings is 1. The van der Waals surface area contributed by atoms with E-state index in [1.54, 1.807) is 18.7 Å². The van der Waals surface area contributed by atoms with Gasteiger partial charge in [-0.25, -0.2) is 0 Å². The Bertz CT molecular complexity index is 663. The Balaban J connectivity index is 1.72. The molecular formula is C14H14N4OS2. The van der Waals surface area contributed by atoms with E-state index >= 15 is 0 Å². The van der Waals surface area contributed by atoms with Crippen LogP contribution in [0.5, 0.6) is 0 Å². The van der Waals surface area contributed by atoms with Crippen molar-refractivity contribution in [3.05, 3.63) is 46.0 Å². The van der Waals surface area contributed by atoms with E-state index in [1.807, 2.05) is 24.3 Å². The predicted molar refractivity (Wildman–Crippen MR) is 84.3 cm³/mol. The Morgan fingerprint density at radius 3 is 3.00 bits per heavy atom. The van der Waals surface area contributed by atoms with E-state index in [9.17, 15) is 4.79 Å². The van der Waals surface area contributed by atoms with E-state index in [4.69, 9.17) is 5.26 Å². The molecule has 1 aromatic carbocycles. The molecule has 5 nitrogen and oxygen atoms in total. The molecule has 0 spiro atoms. The third kappa shape index (κ3) is 4.28. The van der Waals surface area contributed by atoms with Crippen molar-refractivity contribution in [2.45, 2.75) is 12.7 Å². The lowest BCUT2D eigenvalue weighted by Crippen LogP contribution is -2.25. The maximum absolute atomic E-state index is 11.8. The van der Waals surface area contributed by atoms with Gasteiger partial charge in [0.15, 0.2) is 0 Å². The minimum Gasteiger partial charge on any atom is -0.350 e. The molecule has 7 heteroatoms. The molecule has 0 saturated heterocycles. The number of aryl methyl sites for hydroxylation is 1. The first-order valence-corrected chi connectivity index (χ1v) is 8.28. The Labute approximate surface area is 131 Å². The van der Waals surface area contributed by atoms with Crippen molar-refractivity contribution in [2.75, 3.05) is 12.3 Å². The molecule has 0 bridgehead atoms. The lowest BCUT2D eigenvalue weighted by Gasteiger charge is -2.05. The highest BCUT2D eigenvalue weighted by Crippen LogP contribution is 2.15. The average molecular weight is 318 g/mol. The molecule has 1 N–H and O–H groups in total. The molecule has 1 heterocycles. The Morgan fingerprint density at radius 1 is 1.48 bits per heavy atom. The minimum absolute atomic E-state index is 0.125. The van der Waals surface area contributed by atoms with E-state index in [0.29, 0.717) is 22.7 Å². The number of rotatable bonds is 6. The van der Waals surface area contributed by atoms with Crippen molar-refractivity contribution in [1.82, 2.24) is 14.9 Å². The maximum atomic E-state index is 11.8. The molecule has 0 aliphatic heterocycles. The molecule has 0 unspecified atom stereocenters. The molecule has 0 saturated carbocycles. The van der Waals surface area contributed by atoms with Gasteiger partial charge in [-0.3, -0.25) is 4.79 Å². The summed E-state index contributed by atoms with van der Waals surface area (Å²) in [7, 11) is 0. The van der Waals surface area contributed by atoms with Gasteiger partial charge >= 0.3 is 0 Å². The zero-order valence-corrected chi connectivity index (χ0v) is 13.1. The van der Waals surface area contributed by atoms with Gasteiger partial charge in [0.25, 0.3) is 5.91 Å². The van der Waals surface area contributed by atoms with Gasteiger partial charge in [-0.05, 0) is 30.1 Å². The van der Waals surface area contributed by atoms with Crippen molar-refractivity contribution >= 4 is 29.2 Å². The largest absolute Gasteiger partial charge is 0.350 e. The van der Waals surface area contributed by atoms with Crippen LogP contribution < -0.4 is 5.32 Å². The second-order valence-corrected chi connectivity index (χ2v) is 6.12. The fourth-order valence-corrected chi connectivity index (χ4v) is 3.13. The van der Waals surface area contributed by atoms with Crippen LogP contribution in [0.1, 0.15) is 26.5 Å². The molecule has 0 atom stereocenters. The van der Waals surface area contributed by atoms with Gasteiger partial charge in [-0.15, -0.1) is 5.10 Å². The summed E-state index contributed by atoms with van der Waals surface area (Å²) in [5.41, 5.74) is 2.40. The summed E-state index contributed by atoms with van der Waals surface area (Å²) in [6.45, 7) is 2.35. The van der Waals surface area contributed by atoms with Crippen LogP contribution in [0.15, 0.2) is 24.3 Å². The lowest BCUT2D eigenvalue weighted by atomic mass is 10.1. The summed E-state index contributed by atoms with van der Waals surface area (Å²) in [5.74, 6) is 1.43. The summed E-state index contributed by atoms with van der Waals surface area (Å²) in [6, 6.07) is 9.74. The van der Waals surface area contributed by atoms with Crippen molar-refractivity contribution in [2.24, 2.45) is 0 Å². The van der Waals surface area contributed by atoms with Crippen molar-refractivity contribution in [3.8, 4) is 6.07 Å². The van der Waals surface area contributed by atoms with Crippen molar-refractivity contribution in [3.63, 3.8) is 0 Å². The fourth-order valence-electron chi connectivity index (χ4n) is 1.69. The first kappa shape index (κ1) is 15.5. The molecule has 108 valence electrons. The average Bonchev–Trinajstić information content (AvgIpc) is 2.93. The Kier molecular flexibility index (Phi) is 5.72. The summed E-state index contributed by atoms with van der Waals surface area (Å²) >= 11 is 2.79. The van der Waals surface area contributed by atoms with Crippen LogP contribution in [0.3, 0.4) is 0 Å². The van der Waals surface area contributed by atoms with Gasteiger partial charge in [0.2, 0.25) is 0 Å². The summed E-state index contributed by atoms with van der Waals surface area (Å²) in [4.78, 5) is 12.4. The molecular weight excluding hydrogens is 304 g/mol. The normalized spacial score (nSPS) is 10.1. The van der Waals surface area contributed by atoms with Gasteiger partial charge in [0.1, 0.15) is 4.88 Å². The fraction of sp³-hybridized carbons (Fsp3) is 0.286. The molecule has 2 aromatic rings. The molecule has 21 heavy (non-hydrogen) atoms. The Hall–Kier alpha value is -1.91. The zero-order chi connectivity index (χ0) is 15.1. The second-order valence-electron chi connectivity index (χ2n) is 4.26. The highest BCUT2D eigenvalue weighted by atomic mass is 32.2. The van der Waals surface area contributed by atoms with Gasteiger partial charge < -0.3 is 5.32 Å². The monoisotopic (exact) mass is 318 g/mol. The number of amides is 1. The van der Waals surface area contributed by atoms with Crippen LogP contribution >= 0.6 is 23.3 Å². The predicted octanol–water partition coefficient (Wildman–Crippen LogP) is 2.38. The van der Waals surface area contributed by atoms with Crippen LogP contribution in [0.25, 0.3) is 0 Å². The number of hydrogen-bond acceptors (Lipinski definition) is 6. The van der Waals surface area contributed by atoms with Crippen molar-refractivity contribution in [1.29, 1.82) is 5.26 Å². The van der Waals surface area contributed by atoms with Gasteiger partial charge in [-0.1, -0.05) is 22.7 Å². The number of nitrogens with zero attached hydrogens (tertiary/aromatic N) is 3. The number of thioether (sulfide) groups is 1. The second kappa shape index (κ2) is 7.76. The number of aromatic nitrogens is 2. The maximum Gasteiger partial charge on any atom is 0.264 e. The summed E-state index contributed by atoms with van der Waals surface area (Å²) < 4.78 is 3.74. The number of carbonyl (C=O) groups is 1. The van der Waals surface area contributed by atoms with Crippen LogP contribution in [-0.2, 0) is 5.75 Å². The standard InChI is InChI=1S/C14H14N4OS2/c1-10-13(21-18-17-10)14(19)16-6-7-20-9-12-5-3-2-4-11(12)8-15/h2-5H,6-7,9H2,1H3,(H,16,19). The van der Waals surface area contributed by atoms with Gasteiger partial charge in [-0.2, -0.15) is 17.0 Å². The zero-order valence-electron chi connectivity index (χ0n) is 11.5. The van der Waals surface area contributed by atoms with Crippen LogP contribution in [0.2, 0.25) is 0 Å².